The summed E-state index contributed by atoms with van der Waals surface area (Å²) in [7, 11) is 0. The van der Waals surface area contributed by atoms with Gasteiger partial charge in [-0.3, -0.25) is 9.69 Å². The Balaban J connectivity index is 1.66. The molecule has 1 saturated heterocycles. The summed E-state index contributed by atoms with van der Waals surface area (Å²) in [4.78, 5) is 29.3. The summed E-state index contributed by atoms with van der Waals surface area (Å²) in [5.41, 5.74) is 0.554. The van der Waals surface area contributed by atoms with Crippen LogP contribution in [-0.2, 0) is 9.53 Å². The molecule has 2 N–H and O–H groups in total. The van der Waals surface area contributed by atoms with E-state index in [1.807, 2.05) is 19.1 Å². The van der Waals surface area contributed by atoms with Crippen molar-refractivity contribution < 1.29 is 23.6 Å². The lowest BCUT2D eigenvalue weighted by Gasteiger charge is -2.30. The van der Waals surface area contributed by atoms with Crippen LogP contribution >= 0.6 is 0 Å². The van der Waals surface area contributed by atoms with Gasteiger partial charge in [0, 0.05) is 32.2 Å². The number of urea groups is 1. The first kappa shape index (κ1) is 22.6. The van der Waals surface area contributed by atoms with Gasteiger partial charge in [-0.2, -0.15) is 0 Å². The molecule has 2 heterocycles. The lowest BCUT2D eigenvalue weighted by Crippen LogP contribution is -2.46. The van der Waals surface area contributed by atoms with Crippen LogP contribution in [0.15, 0.2) is 34.9 Å². The standard InChI is InChI=1S/C21H29N5O5/c1-3-30-18-7-5-4-6-17(18)22-21(28)26(9-8-25-10-12-29-13-11-25)15-20(27)23-19-14-16(2)31-24-19/h4-7,14H,3,8-13,15H2,1-2H3,(H,22,28)(H,23,24,27). The molecule has 1 aromatic carbocycles. The molecule has 1 aliphatic rings. The van der Waals surface area contributed by atoms with E-state index >= 15 is 0 Å². The first-order valence-electron chi connectivity index (χ1n) is 10.4. The topological polar surface area (TPSA) is 109 Å². The number of hydrogen-bond acceptors (Lipinski definition) is 7. The van der Waals surface area contributed by atoms with Crippen molar-refractivity contribution in [3.63, 3.8) is 0 Å². The van der Waals surface area contributed by atoms with Crippen LogP contribution in [0.3, 0.4) is 0 Å². The Hall–Kier alpha value is -3.11. The first-order valence-corrected chi connectivity index (χ1v) is 10.4. The third-order valence-electron chi connectivity index (χ3n) is 4.74. The lowest BCUT2D eigenvalue weighted by atomic mass is 10.3. The van der Waals surface area contributed by atoms with Crippen LogP contribution < -0.4 is 15.4 Å². The number of ether oxygens (including phenoxy) is 2. The number of morpholine rings is 1. The van der Waals surface area contributed by atoms with E-state index in [1.165, 1.54) is 4.90 Å². The number of nitrogens with zero attached hydrogens (tertiary/aromatic N) is 3. The second-order valence-corrected chi connectivity index (χ2v) is 7.11. The Bertz CT molecular complexity index is 865. The number of aryl methyl sites for hydroxylation is 1. The minimum atomic E-state index is -0.383. The van der Waals surface area contributed by atoms with E-state index in [0.717, 1.165) is 13.1 Å². The molecule has 3 rings (SSSR count). The van der Waals surface area contributed by atoms with E-state index in [2.05, 4.69) is 20.7 Å². The van der Waals surface area contributed by atoms with Crippen molar-refractivity contribution in [1.82, 2.24) is 15.0 Å². The number of hydrogen-bond donors (Lipinski definition) is 2. The highest BCUT2D eigenvalue weighted by molar-refractivity contribution is 5.97. The number of amides is 3. The van der Waals surface area contributed by atoms with Gasteiger partial charge in [0.1, 0.15) is 18.1 Å². The number of benzene rings is 1. The summed E-state index contributed by atoms with van der Waals surface area (Å²) in [5.74, 6) is 1.13. The molecule has 168 valence electrons. The fourth-order valence-corrected chi connectivity index (χ4v) is 3.17. The predicted molar refractivity (Wildman–Crippen MR) is 115 cm³/mol. The Morgan fingerprint density at radius 3 is 2.71 bits per heavy atom. The number of para-hydroxylation sites is 2. The maximum absolute atomic E-state index is 13.0. The minimum Gasteiger partial charge on any atom is -0.492 e. The molecule has 10 heteroatoms. The monoisotopic (exact) mass is 431 g/mol. The summed E-state index contributed by atoms with van der Waals surface area (Å²) >= 11 is 0. The molecule has 0 bridgehead atoms. The molecular formula is C21H29N5O5. The van der Waals surface area contributed by atoms with Crippen molar-refractivity contribution >= 4 is 23.4 Å². The van der Waals surface area contributed by atoms with Gasteiger partial charge in [0.25, 0.3) is 0 Å². The number of nitrogens with one attached hydrogen (secondary N) is 2. The van der Waals surface area contributed by atoms with Crippen LogP contribution in [0.2, 0.25) is 0 Å². The molecular weight excluding hydrogens is 402 g/mol. The van der Waals surface area contributed by atoms with E-state index in [-0.39, 0.29) is 18.5 Å². The third-order valence-corrected chi connectivity index (χ3v) is 4.74. The summed E-state index contributed by atoms with van der Waals surface area (Å²) in [6.07, 6.45) is 0. The van der Waals surface area contributed by atoms with E-state index < -0.39 is 0 Å². The van der Waals surface area contributed by atoms with Crippen LogP contribution in [0.25, 0.3) is 0 Å². The molecule has 31 heavy (non-hydrogen) atoms. The lowest BCUT2D eigenvalue weighted by molar-refractivity contribution is -0.116. The van der Waals surface area contributed by atoms with Gasteiger partial charge in [-0.25, -0.2) is 4.79 Å². The highest BCUT2D eigenvalue weighted by Crippen LogP contribution is 2.24. The fourth-order valence-electron chi connectivity index (χ4n) is 3.17. The highest BCUT2D eigenvalue weighted by atomic mass is 16.5. The summed E-state index contributed by atoms with van der Waals surface area (Å²) in [6, 6.07) is 8.44. The van der Waals surface area contributed by atoms with Crippen LogP contribution in [-0.4, -0.2) is 79.4 Å². The quantitative estimate of drug-likeness (QED) is 0.626. The second-order valence-electron chi connectivity index (χ2n) is 7.11. The summed E-state index contributed by atoms with van der Waals surface area (Å²) < 4.78 is 15.9. The molecule has 10 nitrogen and oxygen atoms in total. The molecule has 1 aromatic heterocycles. The summed E-state index contributed by atoms with van der Waals surface area (Å²) in [6.45, 7) is 7.92. The zero-order valence-corrected chi connectivity index (χ0v) is 17.9. The van der Waals surface area contributed by atoms with Crippen LogP contribution in [0, 0.1) is 6.92 Å². The van der Waals surface area contributed by atoms with Crippen molar-refractivity contribution in [2.45, 2.75) is 13.8 Å². The molecule has 0 spiro atoms. The maximum Gasteiger partial charge on any atom is 0.322 e. The number of rotatable bonds is 9. The van der Waals surface area contributed by atoms with Gasteiger partial charge in [0.15, 0.2) is 5.82 Å². The largest absolute Gasteiger partial charge is 0.492 e. The van der Waals surface area contributed by atoms with Gasteiger partial charge in [0.05, 0.1) is 25.5 Å². The van der Waals surface area contributed by atoms with E-state index in [1.54, 1.807) is 25.1 Å². The van der Waals surface area contributed by atoms with Gasteiger partial charge >= 0.3 is 6.03 Å². The molecule has 0 unspecified atom stereocenters. The van der Waals surface area contributed by atoms with Gasteiger partial charge in [-0.1, -0.05) is 17.3 Å². The highest BCUT2D eigenvalue weighted by Gasteiger charge is 2.21. The van der Waals surface area contributed by atoms with Crippen molar-refractivity contribution in [1.29, 1.82) is 0 Å². The van der Waals surface area contributed by atoms with E-state index in [4.69, 9.17) is 14.0 Å². The third kappa shape index (κ3) is 6.97. The molecule has 1 aliphatic heterocycles. The zero-order chi connectivity index (χ0) is 22.1. The molecule has 0 radical (unpaired) electrons. The Morgan fingerprint density at radius 1 is 1.23 bits per heavy atom. The van der Waals surface area contributed by atoms with Gasteiger partial charge in [-0.05, 0) is 26.0 Å². The molecule has 0 saturated carbocycles. The van der Waals surface area contributed by atoms with Crippen molar-refractivity contribution in [2.24, 2.45) is 0 Å². The Labute approximate surface area is 181 Å². The van der Waals surface area contributed by atoms with Crippen molar-refractivity contribution in [3.8, 4) is 5.75 Å². The number of anilines is 2. The first-order chi connectivity index (χ1) is 15.0. The fraction of sp³-hybridized carbons (Fsp3) is 0.476. The van der Waals surface area contributed by atoms with E-state index in [9.17, 15) is 9.59 Å². The Morgan fingerprint density at radius 2 is 2.00 bits per heavy atom. The average molecular weight is 431 g/mol. The molecule has 1 fully saturated rings. The predicted octanol–water partition coefficient (Wildman–Crippen LogP) is 2.19. The van der Waals surface area contributed by atoms with Gasteiger partial charge in [-0.15, -0.1) is 0 Å². The molecule has 2 aromatic rings. The normalized spacial score (nSPS) is 14.1. The molecule has 3 amide bonds. The molecule has 0 atom stereocenters. The van der Waals surface area contributed by atoms with Crippen molar-refractivity contribution in [2.75, 3.05) is 63.2 Å². The molecule has 0 aliphatic carbocycles. The summed E-state index contributed by atoms with van der Waals surface area (Å²) in [5, 5.41) is 9.28. The number of carbonyl (C=O) groups is 2. The average Bonchev–Trinajstić information content (AvgIpc) is 3.17. The van der Waals surface area contributed by atoms with Gasteiger partial charge in [0.2, 0.25) is 5.91 Å². The van der Waals surface area contributed by atoms with Crippen LogP contribution in [0.4, 0.5) is 16.3 Å². The minimum absolute atomic E-state index is 0.126. The van der Waals surface area contributed by atoms with Gasteiger partial charge < -0.3 is 29.5 Å². The zero-order valence-electron chi connectivity index (χ0n) is 17.9. The number of carbonyl (C=O) groups excluding carboxylic acids is 2. The van der Waals surface area contributed by atoms with Crippen molar-refractivity contribution in [3.05, 3.63) is 36.1 Å². The van der Waals surface area contributed by atoms with E-state index in [0.29, 0.717) is 55.9 Å². The van der Waals surface area contributed by atoms with Crippen LogP contribution in [0.5, 0.6) is 5.75 Å². The number of aromatic nitrogens is 1. The SMILES string of the molecule is CCOc1ccccc1NC(=O)N(CCN1CCOCC1)CC(=O)Nc1cc(C)on1. The maximum atomic E-state index is 13.0. The second kappa shape index (κ2) is 11.3. The smallest absolute Gasteiger partial charge is 0.322 e. The van der Waals surface area contributed by atoms with Crippen LogP contribution in [0.1, 0.15) is 12.7 Å². The Kier molecular flexibility index (Phi) is 8.25.